The molecular formula is C12H21N3. The van der Waals surface area contributed by atoms with Gasteiger partial charge in [-0.3, -0.25) is 4.98 Å². The second-order valence-electron chi connectivity index (χ2n) is 4.05. The number of nitrogens with two attached hydrogens (primary N) is 1. The largest absolute Gasteiger partial charge is 0.397 e. The molecule has 1 aromatic heterocycles. The Balaban J connectivity index is 2.17. The van der Waals surface area contributed by atoms with Crippen LogP contribution in [0.1, 0.15) is 26.0 Å². The highest BCUT2D eigenvalue weighted by atomic mass is 14.9. The van der Waals surface area contributed by atoms with Gasteiger partial charge in [0.2, 0.25) is 0 Å². The second-order valence-corrected chi connectivity index (χ2v) is 4.05. The van der Waals surface area contributed by atoms with Crippen LogP contribution >= 0.6 is 0 Å². The first-order valence-electron chi connectivity index (χ1n) is 5.63. The van der Waals surface area contributed by atoms with E-state index in [2.05, 4.69) is 24.1 Å². The number of anilines is 1. The molecule has 0 spiro atoms. The van der Waals surface area contributed by atoms with Gasteiger partial charge in [-0.1, -0.05) is 20.3 Å². The van der Waals surface area contributed by atoms with Crippen molar-refractivity contribution in [3.63, 3.8) is 0 Å². The Kier molecular flexibility index (Phi) is 5.12. The number of nitrogens with one attached hydrogen (secondary N) is 1. The van der Waals surface area contributed by atoms with Gasteiger partial charge in [0.1, 0.15) is 0 Å². The molecule has 15 heavy (non-hydrogen) atoms. The van der Waals surface area contributed by atoms with Gasteiger partial charge >= 0.3 is 0 Å². The third kappa shape index (κ3) is 4.79. The Bertz CT molecular complexity index is 269. The summed E-state index contributed by atoms with van der Waals surface area (Å²) in [6, 6.07) is 3.89. The van der Waals surface area contributed by atoms with Crippen molar-refractivity contribution >= 4 is 5.69 Å². The van der Waals surface area contributed by atoms with Crippen LogP contribution in [-0.4, -0.2) is 18.1 Å². The van der Waals surface area contributed by atoms with Gasteiger partial charge in [-0.25, -0.2) is 0 Å². The van der Waals surface area contributed by atoms with Crippen LogP contribution in [0.3, 0.4) is 0 Å². The van der Waals surface area contributed by atoms with Crippen LogP contribution in [0.15, 0.2) is 18.3 Å². The number of rotatable bonds is 6. The highest BCUT2D eigenvalue weighted by molar-refractivity contribution is 5.34. The molecule has 1 rings (SSSR count). The van der Waals surface area contributed by atoms with E-state index in [1.54, 1.807) is 6.20 Å². The molecule has 0 fully saturated rings. The molecular weight excluding hydrogens is 186 g/mol. The number of pyridine rings is 1. The molecule has 0 aliphatic carbocycles. The molecule has 0 saturated carbocycles. The molecule has 0 aliphatic rings. The van der Waals surface area contributed by atoms with Crippen molar-refractivity contribution in [3.05, 3.63) is 24.0 Å². The normalized spacial score (nSPS) is 12.7. The minimum Gasteiger partial charge on any atom is -0.397 e. The highest BCUT2D eigenvalue weighted by Gasteiger charge is 1.98. The lowest BCUT2D eigenvalue weighted by Gasteiger charge is -2.09. The van der Waals surface area contributed by atoms with Crippen LogP contribution in [-0.2, 0) is 6.42 Å². The zero-order valence-electron chi connectivity index (χ0n) is 9.66. The monoisotopic (exact) mass is 207 g/mol. The first kappa shape index (κ1) is 12.0. The number of nitrogens with zero attached hydrogens (tertiary/aromatic N) is 1. The third-order valence-electron chi connectivity index (χ3n) is 2.60. The predicted octanol–water partition coefficient (Wildman–Crippen LogP) is 1.84. The molecule has 0 bridgehead atoms. The lowest BCUT2D eigenvalue weighted by atomic mass is 10.1. The van der Waals surface area contributed by atoms with E-state index in [4.69, 9.17) is 5.73 Å². The third-order valence-corrected chi connectivity index (χ3v) is 2.60. The number of hydrogen-bond acceptors (Lipinski definition) is 3. The van der Waals surface area contributed by atoms with Crippen LogP contribution in [0, 0.1) is 5.92 Å². The van der Waals surface area contributed by atoms with E-state index in [9.17, 15) is 0 Å². The van der Waals surface area contributed by atoms with E-state index in [1.807, 2.05) is 12.1 Å². The molecule has 1 unspecified atom stereocenters. The Morgan fingerprint density at radius 1 is 1.47 bits per heavy atom. The van der Waals surface area contributed by atoms with Crippen molar-refractivity contribution in [2.75, 3.05) is 18.8 Å². The molecule has 0 radical (unpaired) electrons. The van der Waals surface area contributed by atoms with E-state index < -0.39 is 0 Å². The van der Waals surface area contributed by atoms with Gasteiger partial charge in [0, 0.05) is 18.7 Å². The predicted molar refractivity (Wildman–Crippen MR) is 64.7 cm³/mol. The fourth-order valence-electron chi connectivity index (χ4n) is 1.29. The zero-order chi connectivity index (χ0) is 11.1. The average Bonchev–Trinajstić information content (AvgIpc) is 2.26. The van der Waals surface area contributed by atoms with Gasteiger partial charge in [-0.05, 0) is 24.6 Å². The summed E-state index contributed by atoms with van der Waals surface area (Å²) in [4.78, 5) is 4.25. The van der Waals surface area contributed by atoms with Gasteiger partial charge in [0.05, 0.1) is 11.9 Å². The summed E-state index contributed by atoms with van der Waals surface area (Å²) in [6.45, 7) is 6.55. The summed E-state index contributed by atoms with van der Waals surface area (Å²) >= 11 is 0. The van der Waals surface area contributed by atoms with Gasteiger partial charge in [0.25, 0.3) is 0 Å². The summed E-state index contributed by atoms with van der Waals surface area (Å²) in [5.74, 6) is 0.754. The van der Waals surface area contributed by atoms with Crippen LogP contribution in [0.2, 0.25) is 0 Å². The maximum Gasteiger partial charge on any atom is 0.0501 e. The van der Waals surface area contributed by atoms with Crippen LogP contribution in [0.4, 0.5) is 5.69 Å². The van der Waals surface area contributed by atoms with E-state index >= 15 is 0 Å². The molecule has 0 saturated heterocycles. The molecule has 0 aromatic carbocycles. The topological polar surface area (TPSA) is 50.9 Å². The van der Waals surface area contributed by atoms with E-state index in [1.165, 1.54) is 6.42 Å². The number of aromatic nitrogens is 1. The number of hydrogen-bond donors (Lipinski definition) is 2. The summed E-state index contributed by atoms with van der Waals surface area (Å²) in [5, 5.41) is 3.43. The molecule has 0 aliphatic heterocycles. The fraction of sp³-hybridized carbons (Fsp3) is 0.583. The SMILES string of the molecule is CCC(C)CNCCc1ccc(N)cn1. The van der Waals surface area contributed by atoms with Crippen LogP contribution in [0.25, 0.3) is 0 Å². The smallest absolute Gasteiger partial charge is 0.0501 e. The number of nitrogen functional groups attached to an aromatic ring is 1. The Morgan fingerprint density at radius 3 is 2.87 bits per heavy atom. The van der Waals surface area contributed by atoms with Crippen LogP contribution < -0.4 is 11.1 Å². The molecule has 3 nitrogen and oxygen atoms in total. The van der Waals surface area contributed by atoms with Crippen molar-refractivity contribution in [3.8, 4) is 0 Å². The molecule has 3 heteroatoms. The molecule has 1 aromatic rings. The first-order chi connectivity index (χ1) is 7.22. The van der Waals surface area contributed by atoms with Crippen molar-refractivity contribution in [2.24, 2.45) is 5.92 Å². The lowest BCUT2D eigenvalue weighted by molar-refractivity contribution is 0.501. The summed E-state index contributed by atoms with van der Waals surface area (Å²) in [5.41, 5.74) is 7.39. The zero-order valence-corrected chi connectivity index (χ0v) is 9.66. The van der Waals surface area contributed by atoms with Crippen molar-refractivity contribution in [1.82, 2.24) is 10.3 Å². The fourth-order valence-corrected chi connectivity index (χ4v) is 1.29. The Morgan fingerprint density at radius 2 is 2.27 bits per heavy atom. The molecule has 3 N–H and O–H groups in total. The van der Waals surface area contributed by atoms with Crippen LogP contribution in [0.5, 0.6) is 0 Å². The maximum absolute atomic E-state index is 5.56. The average molecular weight is 207 g/mol. The minimum atomic E-state index is 0.728. The standard InChI is InChI=1S/C12H21N3/c1-3-10(2)8-14-7-6-12-5-4-11(13)9-15-12/h4-5,9-10,14H,3,6-8,13H2,1-2H3. The minimum absolute atomic E-state index is 0.728. The van der Waals surface area contributed by atoms with Gasteiger partial charge in [0.15, 0.2) is 0 Å². The lowest BCUT2D eigenvalue weighted by Crippen LogP contribution is -2.23. The molecule has 0 amide bonds. The summed E-state index contributed by atoms with van der Waals surface area (Å²) in [6.07, 6.45) is 3.91. The molecule has 84 valence electrons. The van der Waals surface area contributed by atoms with Crippen molar-refractivity contribution in [2.45, 2.75) is 26.7 Å². The quantitative estimate of drug-likeness (QED) is 0.700. The van der Waals surface area contributed by atoms with E-state index in [-0.39, 0.29) is 0 Å². The highest BCUT2D eigenvalue weighted by Crippen LogP contribution is 2.01. The van der Waals surface area contributed by atoms with E-state index in [0.29, 0.717) is 0 Å². The molecule has 1 atom stereocenters. The summed E-state index contributed by atoms with van der Waals surface area (Å²) in [7, 11) is 0. The van der Waals surface area contributed by atoms with Gasteiger partial charge in [-0.2, -0.15) is 0 Å². The Hall–Kier alpha value is -1.09. The van der Waals surface area contributed by atoms with Gasteiger partial charge < -0.3 is 11.1 Å². The summed E-state index contributed by atoms with van der Waals surface area (Å²) < 4.78 is 0. The van der Waals surface area contributed by atoms with Crippen molar-refractivity contribution < 1.29 is 0 Å². The molecule has 1 heterocycles. The second kappa shape index (κ2) is 6.40. The Labute approximate surface area is 92.1 Å². The van der Waals surface area contributed by atoms with E-state index in [0.717, 1.165) is 36.8 Å². The maximum atomic E-state index is 5.56. The van der Waals surface area contributed by atoms with Gasteiger partial charge in [-0.15, -0.1) is 0 Å². The first-order valence-corrected chi connectivity index (χ1v) is 5.63. The van der Waals surface area contributed by atoms with Crippen molar-refractivity contribution in [1.29, 1.82) is 0 Å².